The predicted molar refractivity (Wildman–Crippen MR) is 278 cm³/mol. The average Bonchev–Trinajstić information content (AvgIpc) is 3.59. The van der Waals surface area contributed by atoms with E-state index in [1.54, 1.807) is 13.8 Å². The Morgan fingerprint density at radius 2 is 0.921 bits per heavy atom. The number of benzene rings is 2. The Morgan fingerprint density at radius 1 is 0.492 bits per heavy atom. The predicted octanol–water partition coefficient (Wildman–Crippen LogP) is 20.0. The number of aryl methyl sites for hydroxylation is 2. The molecule has 0 N–H and O–H groups in total. The van der Waals surface area contributed by atoms with Crippen molar-refractivity contribution < 1.29 is 25.1 Å². The van der Waals surface area contributed by atoms with E-state index >= 15 is 0 Å². The van der Waals surface area contributed by atoms with E-state index in [1.165, 1.54) is 183 Å². The van der Waals surface area contributed by atoms with Crippen LogP contribution in [0.5, 0.6) is 0 Å². The van der Waals surface area contributed by atoms with Crippen LogP contribution in [0.4, 0.5) is 0 Å². The molecule has 63 heavy (non-hydrogen) atoms. The SMILES string of the molecule is CCC=CC1=C(c2ccc(CCCC)cc2)[N+](=[N-])C(c2cccc(CCCC)c2)=C1C#CCCCCCCCCCCCCCCCCCCCCCCCCCC.[CH2-]C.[CH2-]C.[Pd+2]. The van der Waals surface area contributed by atoms with Gasteiger partial charge in [-0.25, -0.2) is 4.70 Å². The first-order valence-electron chi connectivity index (χ1n) is 26.4. The van der Waals surface area contributed by atoms with Crippen molar-refractivity contribution in [2.24, 2.45) is 0 Å². The van der Waals surface area contributed by atoms with Crippen LogP contribution in [0.1, 0.15) is 256 Å². The van der Waals surface area contributed by atoms with E-state index in [0.29, 0.717) is 0 Å². The topological polar surface area (TPSA) is 25.3 Å². The van der Waals surface area contributed by atoms with Crippen LogP contribution < -0.4 is 0 Å². The fourth-order valence-electron chi connectivity index (χ4n) is 8.44. The standard InChI is InChI=1S/C56H86N2.2C2H5.Pd/c1-5-9-13-14-15-16-17-18-19-20-21-22-23-24-25-26-27-28-29-30-31-32-33-34-35-36-43-54-53(42-12-8-4)55(51-46-44-49(45-47-51)38-10-6-2)58(57)56(54)52-41-37-40-50(48-52)39-11-7-3;2*1-2;/h12,37,40-42,44-48H,5-11,13-35,38-39H2,1-4H3;2*1H2,2H3;/q;2*-1;+2. The number of hydrogen-bond donors (Lipinski definition) is 0. The molecule has 0 aromatic heterocycles. The van der Waals surface area contributed by atoms with Gasteiger partial charge in [0.25, 0.3) is 0 Å². The molecular weight excluding hydrogens is 855 g/mol. The second-order valence-corrected chi connectivity index (χ2v) is 17.4. The van der Waals surface area contributed by atoms with Crippen LogP contribution in [0.2, 0.25) is 0 Å². The van der Waals surface area contributed by atoms with Crippen LogP contribution in [-0.4, -0.2) is 4.70 Å². The van der Waals surface area contributed by atoms with Crippen molar-refractivity contribution in [1.29, 1.82) is 0 Å². The molecule has 3 heteroatoms. The Labute approximate surface area is 406 Å². The molecule has 0 unspecified atom stereocenters. The Bertz CT molecular complexity index is 1550. The van der Waals surface area contributed by atoms with Crippen LogP contribution in [0.15, 0.2) is 71.8 Å². The molecule has 0 bridgehead atoms. The van der Waals surface area contributed by atoms with Crippen molar-refractivity contribution in [2.45, 2.75) is 247 Å². The summed E-state index contributed by atoms with van der Waals surface area (Å²) in [4.78, 5) is 0. The molecule has 0 saturated carbocycles. The van der Waals surface area contributed by atoms with Gasteiger partial charge in [0.2, 0.25) is 11.4 Å². The van der Waals surface area contributed by atoms with E-state index in [9.17, 15) is 5.53 Å². The quantitative estimate of drug-likeness (QED) is 0.0220. The van der Waals surface area contributed by atoms with Gasteiger partial charge in [-0.2, -0.15) is 13.8 Å². The zero-order valence-corrected chi connectivity index (χ0v) is 43.6. The van der Waals surface area contributed by atoms with Gasteiger partial charge in [-0.15, -0.1) is 0 Å². The summed E-state index contributed by atoms with van der Waals surface area (Å²) in [5, 5.41) is 0. The summed E-state index contributed by atoms with van der Waals surface area (Å²) in [5.74, 6) is 7.17. The Hall–Kier alpha value is -2.52. The van der Waals surface area contributed by atoms with Gasteiger partial charge in [-0.3, -0.25) is 0 Å². The Balaban J connectivity index is 0.00000746. The van der Waals surface area contributed by atoms with E-state index < -0.39 is 0 Å². The first-order valence-corrected chi connectivity index (χ1v) is 26.4. The molecule has 2 aromatic rings. The minimum Gasteiger partial charge on any atom is -0.493 e. The monoisotopic (exact) mass is 951 g/mol. The molecule has 0 radical (unpaired) electrons. The molecule has 1 heterocycles. The second-order valence-electron chi connectivity index (χ2n) is 17.4. The van der Waals surface area contributed by atoms with Crippen molar-refractivity contribution >= 4 is 11.4 Å². The van der Waals surface area contributed by atoms with Gasteiger partial charge in [0, 0.05) is 17.5 Å². The molecule has 0 spiro atoms. The molecule has 2 nitrogen and oxygen atoms in total. The zero-order valence-electron chi connectivity index (χ0n) is 42.0. The van der Waals surface area contributed by atoms with Gasteiger partial charge >= 0.3 is 20.4 Å². The van der Waals surface area contributed by atoms with Gasteiger partial charge in [0.15, 0.2) is 0 Å². The second kappa shape index (κ2) is 43.4. The molecule has 1 aliphatic heterocycles. The maximum Gasteiger partial charge on any atom is 2.00 e. The number of allylic oxidation sites excluding steroid dienone is 4. The summed E-state index contributed by atoms with van der Waals surface area (Å²) in [7, 11) is 0. The maximum absolute atomic E-state index is 12.0. The molecule has 0 saturated heterocycles. The van der Waals surface area contributed by atoms with E-state index in [4.69, 9.17) is 0 Å². The fraction of sp³-hybridized carbons (Fsp3) is 0.633. The van der Waals surface area contributed by atoms with Gasteiger partial charge in [-0.1, -0.05) is 236 Å². The van der Waals surface area contributed by atoms with Crippen LogP contribution in [0, 0.1) is 25.7 Å². The Morgan fingerprint density at radius 3 is 1.37 bits per heavy atom. The largest absolute Gasteiger partial charge is 2.00 e. The van der Waals surface area contributed by atoms with Crippen LogP contribution in [-0.2, 0) is 33.3 Å². The number of unbranched alkanes of at least 4 members (excludes halogenated alkanes) is 26. The number of hydrogen-bond acceptors (Lipinski definition) is 0. The summed E-state index contributed by atoms with van der Waals surface area (Å²) in [6, 6.07) is 17.5. The van der Waals surface area contributed by atoms with Gasteiger partial charge in [0.05, 0.1) is 5.57 Å². The van der Waals surface area contributed by atoms with Gasteiger partial charge < -0.3 is 19.4 Å². The molecule has 0 fully saturated rings. The minimum atomic E-state index is 0. The van der Waals surface area contributed by atoms with E-state index in [0.717, 1.165) is 72.2 Å². The molecule has 356 valence electrons. The van der Waals surface area contributed by atoms with Crippen molar-refractivity contribution in [1.82, 2.24) is 0 Å². The third-order valence-electron chi connectivity index (χ3n) is 12.1. The molecule has 0 aliphatic carbocycles. The zero-order chi connectivity index (χ0) is 45.3. The molecule has 3 rings (SSSR count). The normalized spacial score (nSPS) is 12.2. The summed E-state index contributed by atoms with van der Waals surface area (Å²) in [5.41, 5.74) is 20.3. The van der Waals surface area contributed by atoms with Gasteiger partial charge in [0.1, 0.15) is 5.57 Å². The van der Waals surface area contributed by atoms with Crippen molar-refractivity contribution in [3.63, 3.8) is 0 Å². The third-order valence-corrected chi connectivity index (χ3v) is 12.1. The maximum atomic E-state index is 12.0. The molecule has 0 atom stereocenters. The van der Waals surface area contributed by atoms with Crippen LogP contribution in [0.3, 0.4) is 0 Å². The Kier molecular flexibility index (Phi) is 41.6. The molecular formula is C60H96N2Pd. The van der Waals surface area contributed by atoms with E-state index in [2.05, 4.69) is 114 Å². The first-order chi connectivity index (χ1) is 30.6. The number of nitrogens with zero attached hydrogens (tertiary/aromatic N) is 2. The molecule has 1 aliphatic rings. The first kappa shape index (κ1) is 60.5. The summed E-state index contributed by atoms with van der Waals surface area (Å²) in [6.45, 7) is 19.0. The summed E-state index contributed by atoms with van der Waals surface area (Å²) >= 11 is 0. The van der Waals surface area contributed by atoms with Crippen LogP contribution >= 0.6 is 0 Å². The van der Waals surface area contributed by atoms with Gasteiger partial charge in [-0.05, 0) is 73.9 Å². The van der Waals surface area contributed by atoms with Crippen molar-refractivity contribution in [3.8, 4) is 11.8 Å². The molecule has 0 amide bonds. The minimum absolute atomic E-state index is 0. The number of rotatable bonds is 34. The van der Waals surface area contributed by atoms with Crippen LogP contribution in [0.25, 0.3) is 16.9 Å². The average molecular weight is 952 g/mol. The fourth-order valence-corrected chi connectivity index (χ4v) is 8.44. The third kappa shape index (κ3) is 26.9. The summed E-state index contributed by atoms with van der Waals surface area (Å²) in [6.07, 6.45) is 46.9. The van der Waals surface area contributed by atoms with Crippen molar-refractivity contribution in [3.05, 3.63) is 113 Å². The smallest absolute Gasteiger partial charge is 0.493 e. The molecule has 2 aromatic carbocycles. The van der Waals surface area contributed by atoms with E-state index in [1.807, 2.05) is 0 Å². The van der Waals surface area contributed by atoms with Crippen molar-refractivity contribution in [2.75, 3.05) is 0 Å². The summed E-state index contributed by atoms with van der Waals surface area (Å²) < 4.78 is 1.43. The van der Waals surface area contributed by atoms with E-state index in [-0.39, 0.29) is 20.4 Å².